The summed E-state index contributed by atoms with van der Waals surface area (Å²) >= 11 is 1.87. The van der Waals surface area contributed by atoms with E-state index < -0.39 is 0 Å². The quantitative estimate of drug-likeness (QED) is 0.327. The summed E-state index contributed by atoms with van der Waals surface area (Å²) in [4.78, 5) is 3.52. The molecule has 5 rings (SSSR count). The van der Waals surface area contributed by atoms with Gasteiger partial charge in [-0.15, -0.1) is 11.3 Å². The third-order valence-electron chi connectivity index (χ3n) is 4.00. The Morgan fingerprint density at radius 1 is 0.636 bits per heavy atom. The smallest absolute Gasteiger partial charge is 0.0479 e. The molecule has 2 heterocycles. The number of rotatable bonds is 0. The molecule has 0 aliphatic carbocycles. The van der Waals surface area contributed by atoms with Gasteiger partial charge in [0.05, 0.1) is 0 Å². The summed E-state index contributed by atoms with van der Waals surface area (Å²) in [5, 5.41) is 5.35. The van der Waals surface area contributed by atoms with Crippen molar-refractivity contribution in [2.75, 3.05) is 0 Å². The van der Waals surface area contributed by atoms with Gasteiger partial charge >= 0.3 is 0 Å². The van der Waals surface area contributed by atoms with Gasteiger partial charge in [-0.1, -0.05) is 50.2 Å². The van der Waals surface area contributed by atoms with Crippen molar-refractivity contribution in [2.24, 2.45) is 0 Å². The molecule has 108 valence electrons. The zero-order valence-corrected chi connectivity index (χ0v) is 13.5. The lowest BCUT2D eigenvalue weighted by Crippen LogP contribution is -1.69. The summed E-state index contributed by atoms with van der Waals surface area (Å²) in [6.07, 6.45) is 0. The van der Waals surface area contributed by atoms with E-state index in [0.29, 0.717) is 0 Å². The Hall–Kier alpha value is -2.32. The Balaban J connectivity index is 0.000000602. The number of fused-ring (bicyclic) bond motifs is 6. The molecule has 0 radical (unpaired) electrons. The van der Waals surface area contributed by atoms with Crippen LogP contribution in [0, 0.1) is 0 Å². The third kappa shape index (κ3) is 1.84. The van der Waals surface area contributed by atoms with E-state index in [9.17, 15) is 0 Å². The highest BCUT2D eigenvalue weighted by molar-refractivity contribution is 7.25. The van der Waals surface area contributed by atoms with Crippen LogP contribution >= 0.6 is 11.3 Å². The van der Waals surface area contributed by atoms with Crippen molar-refractivity contribution in [3.63, 3.8) is 0 Å². The molecule has 22 heavy (non-hydrogen) atoms. The fraction of sp³-hybridized carbons (Fsp3) is 0.100. The second-order valence-corrected chi connectivity index (χ2v) is 6.25. The maximum Gasteiger partial charge on any atom is 0.0479 e. The first-order chi connectivity index (χ1) is 10.9. The highest BCUT2D eigenvalue weighted by Crippen LogP contribution is 2.37. The molecule has 0 saturated carbocycles. The Morgan fingerprint density at radius 2 is 1.36 bits per heavy atom. The molecule has 1 N–H and O–H groups in total. The van der Waals surface area contributed by atoms with E-state index in [2.05, 4.69) is 65.6 Å². The predicted octanol–water partition coefficient (Wildman–Crippen LogP) is 6.72. The van der Waals surface area contributed by atoms with Gasteiger partial charge in [0, 0.05) is 42.0 Å². The maximum absolute atomic E-state index is 3.52. The monoisotopic (exact) mass is 303 g/mol. The number of benzene rings is 3. The van der Waals surface area contributed by atoms with Gasteiger partial charge in [0.1, 0.15) is 0 Å². The van der Waals surface area contributed by atoms with E-state index in [1.54, 1.807) is 0 Å². The normalized spacial score (nSPS) is 11.2. The number of H-pyrrole nitrogens is 1. The van der Waals surface area contributed by atoms with Gasteiger partial charge < -0.3 is 4.98 Å². The van der Waals surface area contributed by atoms with Crippen molar-refractivity contribution in [3.8, 4) is 0 Å². The summed E-state index contributed by atoms with van der Waals surface area (Å²) in [6.45, 7) is 4.00. The van der Waals surface area contributed by atoms with Gasteiger partial charge in [-0.05, 0) is 24.3 Å². The van der Waals surface area contributed by atoms with E-state index in [1.807, 2.05) is 25.2 Å². The molecule has 0 fully saturated rings. The van der Waals surface area contributed by atoms with E-state index in [-0.39, 0.29) is 0 Å². The third-order valence-corrected chi connectivity index (χ3v) is 5.14. The molecule has 3 aromatic carbocycles. The fourth-order valence-electron chi connectivity index (χ4n) is 3.07. The van der Waals surface area contributed by atoms with Gasteiger partial charge in [-0.3, -0.25) is 0 Å². The molecule has 2 heteroatoms. The van der Waals surface area contributed by atoms with Crippen LogP contribution in [0.25, 0.3) is 42.0 Å². The molecule has 0 bridgehead atoms. The molecule has 2 aromatic heterocycles. The van der Waals surface area contributed by atoms with E-state index >= 15 is 0 Å². The molecule has 0 amide bonds. The number of hydrogen-bond acceptors (Lipinski definition) is 1. The standard InChI is InChI=1S/C18H11NS.C2H6/c1-3-7-15-11(5-1)13-9-14-12-6-2-4-8-17(12)20-18(14)10-16(13)19-15;1-2/h1-10,19H;1-2H3. The van der Waals surface area contributed by atoms with Crippen LogP contribution in [0.1, 0.15) is 13.8 Å². The highest BCUT2D eigenvalue weighted by Gasteiger charge is 2.09. The molecule has 0 spiro atoms. The molecular formula is C20H17NS. The van der Waals surface area contributed by atoms with Crippen LogP contribution in [0.5, 0.6) is 0 Å². The van der Waals surface area contributed by atoms with Gasteiger partial charge in [0.25, 0.3) is 0 Å². The molecule has 0 saturated heterocycles. The summed E-state index contributed by atoms with van der Waals surface area (Å²) in [5.74, 6) is 0. The molecule has 0 atom stereocenters. The van der Waals surface area contributed by atoms with Crippen molar-refractivity contribution >= 4 is 53.3 Å². The Labute approximate surface area is 133 Å². The summed E-state index contributed by atoms with van der Waals surface area (Å²) in [6, 6.07) is 21.8. The first-order valence-electron chi connectivity index (χ1n) is 7.72. The number of aromatic nitrogens is 1. The average Bonchev–Trinajstić information content (AvgIpc) is 3.12. The molecule has 0 unspecified atom stereocenters. The summed E-state index contributed by atoms with van der Waals surface area (Å²) in [7, 11) is 0. The van der Waals surface area contributed by atoms with E-state index in [1.165, 1.54) is 42.0 Å². The minimum absolute atomic E-state index is 1.21. The van der Waals surface area contributed by atoms with Crippen molar-refractivity contribution in [1.82, 2.24) is 4.98 Å². The number of nitrogens with one attached hydrogen (secondary N) is 1. The fourth-order valence-corrected chi connectivity index (χ4v) is 4.20. The highest BCUT2D eigenvalue weighted by atomic mass is 32.1. The van der Waals surface area contributed by atoms with Crippen molar-refractivity contribution in [3.05, 3.63) is 60.7 Å². The largest absolute Gasteiger partial charge is 0.354 e. The summed E-state index contributed by atoms with van der Waals surface area (Å²) < 4.78 is 2.71. The minimum Gasteiger partial charge on any atom is -0.354 e. The van der Waals surface area contributed by atoms with Crippen LogP contribution in [0.3, 0.4) is 0 Å². The van der Waals surface area contributed by atoms with Gasteiger partial charge in [-0.25, -0.2) is 0 Å². The lowest BCUT2D eigenvalue weighted by atomic mass is 10.1. The topological polar surface area (TPSA) is 15.8 Å². The molecule has 0 aliphatic heterocycles. The predicted molar refractivity (Wildman–Crippen MR) is 100 cm³/mol. The second-order valence-electron chi connectivity index (χ2n) is 5.16. The van der Waals surface area contributed by atoms with Crippen molar-refractivity contribution in [2.45, 2.75) is 13.8 Å². The van der Waals surface area contributed by atoms with Crippen LogP contribution in [0.15, 0.2) is 60.7 Å². The maximum atomic E-state index is 3.52. The lowest BCUT2D eigenvalue weighted by Gasteiger charge is -1.94. The Bertz CT molecular complexity index is 1010. The first-order valence-corrected chi connectivity index (χ1v) is 8.53. The van der Waals surface area contributed by atoms with Gasteiger partial charge in [-0.2, -0.15) is 0 Å². The van der Waals surface area contributed by atoms with Crippen molar-refractivity contribution in [1.29, 1.82) is 0 Å². The number of aromatic amines is 1. The molecule has 0 aliphatic rings. The number of hydrogen-bond donors (Lipinski definition) is 1. The zero-order chi connectivity index (χ0) is 15.1. The van der Waals surface area contributed by atoms with Crippen LogP contribution in [-0.2, 0) is 0 Å². The molecular weight excluding hydrogens is 286 g/mol. The SMILES string of the molecule is CC.c1ccc2c(c1)[nH]c1cc3sc4ccccc4c3cc12. The van der Waals surface area contributed by atoms with Crippen molar-refractivity contribution < 1.29 is 0 Å². The lowest BCUT2D eigenvalue weighted by molar-refractivity contribution is 1.50. The molecule has 1 nitrogen and oxygen atoms in total. The van der Waals surface area contributed by atoms with Gasteiger partial charge in [0.2, 0.25) is 0 Å². The Kier molecular flexibility index (Phi) is 3.12. The van der Waals surface area contributed by atoms with Crippen LogP contribution in [0.2, 0.25) is 0 Å². The van der Waals surface area contributed by atoms with Crippen LogP contribution < -0.4 is 0 Å². The van der Waals surface area contributed by atoms with E-state index in [0.717, 1.165) is 0 Å². The second kappa shape index (κ2) is 5.15. The van der Waals surface area contributed by atoms with Crippen LogP contribution in [-0.4, -0.2) is 4.98 Å². The summed E-state index contributed by atoms with van der Waals surface area (Å²) in [5.41, 5.74) is 2.44. The zero-order valence-electron chi connectivity index (χ0n) is 12.7. The van der Waals surface area contributed by atoms with E-state index in [4.69, 9.17) is 0 Å². The first kappa shape index (κ1) is 13.4. The average molecular weight is 303 g/mol. The number of thiophene rings is 1. The van der Waals surface area contributed by atoms with Gasteiger partial charge in [0.15, 0.2) is 0 Å². The molecule has 5 aromatic rings. The number of para-hydroxylation sites is 1. The Morgan fingerprint density at radius 3 is 2.23 bits per heavy atom. The minimum atomic E-state index is 1.21. The van der Waals surface area contributed by atoms with Crippen LogP contribution in [0.4, 0.5) is 0 Å².